The molecule has 2 aliphatic heterocycles. The summed E-state index contributed by atoms with van der Waals surface area (Å²) in [5.74, 6) is -6.38. The number of carbonyl (C=O) groups excluding carboxylic acids is 4. The maximum absolute atomic E-state index is 14.3. The van der Waals surface area contributed by atoms with Crippen LogP contribution in [0.25, 0.3) is 0 Å². The molecule has 1 spiro atoms. The molecule has 0 unspecified atom stereocenters. The molecule has 0 aromatic heterocycles. The minimum atomic E-state index is -2.12. The molecule has 1 aliphatic carbocycles. The van der Waals surface area contributed by atoms with Gasteiger partial charge in [-0.2, -0.15) is 0 Å². The van der Waals surface area contributed by atoms with Gasteiger partial charge < -0.3 is 9.64 Å². The van der Waals surface area contributed by atoms with Gasteiger partial charge in [0.25, 0.3) is 0 Å². The fourth-order valence-electron chi connectivity index (χ4n) is 5.73. The second kappa shape index (κ2) is 7.47. The Morgan fingerprint density at radius 1 is 0.800 bits per heavy atom. The van der Waals surface area contributed by atoms with Crippen molar-refractivity contribution in [2.75, 3.05) is 4.90 Å². The van der Waals surface area contributed by atoms with E-state index in [0.717, 1.165) is 0 Å². The standard InChI is InChI=1S/C26H14Cl2FNO5/c27-17-9-8-14(11-18(17)28)30-21(12-4-3-5-13(29)10-12)19-20(25(34)35-24(19)33)26(30)22(31)15-6-1-2-7-16(15)23(26)32/h1-11,19-21H/t19-,20-,21+/m1/s1. The monoisotopic (exact) mass is 509 g/mol. The number of benzene rings is 3. The molecule has 9 heteroatoms. The summed E-state index contributed by atoms with van der Waals surface area (Å²) in [4.78, 5) is 55.8. The van der Waals surface area contributed by atoms with Crippen LogP contribution >= 0.6 is 23.2 Å². The lowest BCUT2D eigenvalue weighted by Crippen LogP contribution is -2.59. The van der Waals surface area contributed by atoms with Crippen LogP contribution in [0.3, 0.4) is 0 Å². The van der Waals surface area contributed by atoms with Crippen molar-refractivity contribution < 1.29 is 28.3 Å². The summed E-state index contributed by atoms with van der Waals surface area (Å²) in [6, 6.07) is 15.1. The van der Waals surface area contributed by atoms with Gasteiger partial charge >= 0.3 is 11.9 Å². The van der Waals surface area contributed by atoms with Crippen LogP contribution < -0.4 is 4.90 Å². The predicted octanol–water partition coefficient (Wildman–Crippen LogP) is 4.83. The molecule has 35 heavy (non-hydrogen) atoms. The highest BCUT2D eigenvalue weighted by Gasteiger charge is 2.76. The summed E-state index contributed by atoms with van der Waals surface area (Å²) in [6.07, 6.45) is 0. The minimum absolute atomic E-state index is 0.133. The van der Waals surface area contributed by atoms with Gasteiger partial charge in [0.15, 0.2) is 17.1 Å². The molecule has 0 amide bonds. The van der Waals surface area contributed by atoms with Crippen molar-refractivity contribution >= 4 is 52.4 Å². The van der Waals surface area contributed by atoms with E-state index in [2.05, 4.69) is 0 Å². The van der Waals surface area contributed by atoms with E-state index in [1.165, 1.54) is 47.4 Å². The number of nitrogens with zero attached hydrogens (tertiary/aromatic N) is 1. The number of Topliss-reactive ketones (excluding diaryl/α,β-unsaturated/α-hetero) is 2. The van der Waals surface area contributed by atoms with Crippen LogP contribution in [0, 0.1) is 17.7 Å². The van der Waals surface area contributed by atoms with Gasteiger partial charge in [-0.3, -0.25) is 19.2 Å². The first-order chi connectivity index (χ1) is 16.8. The Kier molecular flexibility index (Phi) is 4.69. The van der Waals surface area contributed by atoms with Gasteiger partial charge in [0.2, 0.25) is 0 Å². The summed E-state index contributed by atoms with van der Waals surface area (Å²) in [5, 5.41) is 0.368. The molecule has 174 valence electrons. The van der Waals surface area contributed by atoms with E-state index in [4.69, 9.17) is 27.9 Å². The van der Waals surface area contributed by atoms with E-state index >= 15 is 0 Å². The summed E-state index contributed by atoms with van der Waals surface area (Å²) < 4.78 is 19.3. The highest BCUT2D eigenvalue weighted by Crippen LogP contribution is 2.60. The largest absolute Gasteiger partial charge is 0.393 e. The SMILES string of the molecule is O=C1OC(=O)[C@H]2[C@@H]1[C@H](c1cccc(F)c1)N(c1ccc(Cl)c(Cl)c1)C21C(=O)c2ccccc2C1=O. The summed E-state index contributed by atoms with van der Waals surface area (Å²) in [5.41, 5.74) is -1.28. The van der Waals surface area contributed by atoms with Gasteiger partial charge in [-0.1, -0.05) is 59.6 Å². The van der Waals surface area contributed by atoms with Gasteiger partial charge in [-0.05, 0) is 35.9 Å². The summed E-state index contributed by atoms with van der Waals surface area (Å²) >= 11 is 12.4. The van der Waals surface area contributed by atoms with Crippen LogP contribution in [0.1, 0.15) is 32.3 Å². The van der Waals surface area contributed by atoms with Crippen LogP contribution in [0.2, 0.25) is 10.0 Å². The molecule has 3 aromatic carbocycles. The molecule has 3 aromatic rings. The van der Waals surface area contributed by atoms with E-state index in [1.54, 1.807) is 24.3 Å². The molecule has 2 heterocycles. The normalized spacial score (nSPS) is 24.2. The number of cyclic esters (lactones) is 2. The second-order valence-corrected chi connectivity index (χ2v) is 9.50. The number of rotatable bonds is 2. The number of ether oxygens (including phenoxy) is 1. The van der Waals surface area contributed by atoms with Gasteiger partial charge in [-0.25, -0.2) is 4.39 Å². The quantitative estimate of drug-likeness (QED) is 0.363. The number of carbonyl (C=O) groups is 4. The topological polar surface area (TPSA) is 80.8 Å². The fraction of sp³-hybridized carbons (Fsp3) is 0.154. The minimum Gasteiger partial charge on any atom is -0.393 e. The Hall–Kier alpha value is -3.55. The van der Waals surface area contributed by atoms with Crippen molar-refractivity contribution in [1.82, 2.24) is 0 Å². The van der Waals surface area contributed by atoms with Gasteiger partial charge in [-0.15, -0.1) is 0 Å². The van der Waals surface area contributed by atoms with Crippen LogP contribution in [0.15, 0.2) is 66.7 Å². The van der Waals surface area contributed by atoms with Gasteiger partial charge in [0.05, 0.1) is 22.0 Å². The molecule has 3 atom stereocenters. The number of halogens is 3. The number of anilines is 1. The number of hydrogen-bond donors (Lipinski definition) is 0. The molecule has 0 saturated carbocycles. The number of ketones is 2. The van der Waals surface area contributed by atoms with Crippen molar-refractivity contribution in [2.24, 2.45) is 11.8 Å². The van der Waals surface area contributed by atoms with Crippen molar-refractivity contribution in [2.45, 2.75) is 11.6 Å². The maximum Gasteiger partial charge on any atom is 0.320 e. The maximum atomic E-state index is 14.3. The Morgan fingerprint density at radius 3 is 2.11 bits per heavy atom. The molecule has 0 bridgehead atoms. The third-order valence-corrected chi connectivity index (χ3v) is 7.75. The highest BCUT2D eigenvalue weighted by atomic mass is 35.5. The number of fused-ring (bicyclic) bond motifs is 3. The van der Waals surface area contributed by atoms with Gasteiger partial charge in [0, 0.05) is 16.8 Å². The Bertz CT molecular complexity index is 1450. The van der Waals surface area contributed by atoms with Crippen LogP contribution in [-0.2, 0) is 14.3 Å². The zero-order valence-electron chi connectivity index (χ0n) is 17.7. The van der Waals surface area contributed by atoms with E-state index in [-0.39, 0.29) is 26.9 Å². The average Bonchev–Trinajstić information content (AvgIpc) is 3.40. The lowest BCUT2D eigenvalue weighted by atomic mass is 9.76. The molecule has 2 saturated heterocycles. The third kappa shape index (κ3) is 2.76. The van der Waals surface area contributed by atoms with Crippen molar-refractivity contribution in [3.05, 3.63) is 99.3 Å². The molecule has 6 rings (SSSR count). The molecule has 0 radical (unpaired) electrons. The zero-order chi connectivity index (χ0) is 24.6. The number of hydrogen-bond acceptors (Lipinski definition) is 6. The van der Waals surface area contributed by atoms with Crippen molar-refractivity contribution in [3.8, 4) is 0 Å². The molecule has 6 nitrogen and oxygen atoms in total. The number of esters is 2. The van der Waals surface area contributed by atoms with Crippen molar-refractivity contribution in [1.29, 1.82) is 0 Å². The first-order valence-corrected chi connectivity index (χ1v) is 11.5. The first kappa shape index (κ1) is 21.9. The fourth-order valence-corrected chi connectivity index (χ4v) is 6.02. The Morgan fingerprint density at radius 2 is 1.49 bits per heavy atom. The first-order valence-electron chi connectivity index (χ1n) is 10.7. The summed E-state index contributed by atoms with van der Waals surface area (Å²) in [6.45, 7) is 0. The molecular formula is C26H14Cl2FNO5. The third-order valence-electron chi connectivity index (χ3n) is 7.02. The average molecular weight is 510 g/mol. The smallest absolute Gasteiger partial charge is 0.320 e. The van der Waals surface area contributed by atoms with Gasteiger partial charge in [0.1, 0.15) is 11.7 Å². The molecule has 3 aliphatic rings. The predicted molar refractivity (Wildman–Crippen MR) is 124 cm³/mol. The molecule has 2 fully saturated rings. The molecule has 0 N–H and O–H groups in total. The van der Waals surface area contributed by atoms with Crippen LogP contribution in [-0.4, -0.2) is 29.0 Å². The summed E-state index contributed by atoms with van der Waals surface area (Å²) in [7, 11) is 0. The zero-order valence-corrected chi connectivity index (χ0v) is 19.2. The lowest BCUT2D eigenvalue weighted by molar-refractivity contribution is -0.154. The van der Waals surface area contributed by atoms with E-state index in [0.29, 0.717) is 5.56 Å². The van der Waals surface area contributed by atoms with E-state index in [1.807, 2.05) is 0 Å². The highest BCUT2D eigenvalue weighted by molar-refractivity contribution is 6.42. The Balaban J connectivity index is 1.70. The second-order valence-electron chi connectivity index (χ2n) is 8.68. The van der Waals surface area contributed by atoms with E-state index < -0.39 is 52.7 Å². The van der Waals surface area contributed by atoms with Crippen LogP contribution in [0.5, 0.6) is 0 Å². The Labute approximate surface area is 208 Å². The molecular weight excluding hydrogens is 496 g/mol. The lowest BCUT2D eigenvalue weighted by Gasteiger charge is -2.39. The van der Waals surface area contributed by atoms with E-state index in [9.17, 15) is 23.6 Å². The van der Waals surface area contributed by atoms with Crippen molar-refractivity contribution in [3.63, 3.8) is 0 Å². The van der Waals surface area contributed by atoms with Crippen LogP contribution in [0.4, 0.5) is 10.1 Å².